The molecule has 0 saturated heterocycles. The van der Waals surface area contributed by atoms with Gasteiger partial charge in [-0.05, 0) is 40.5 Å². The topological polar surface area (TPSA) is 230 Å². The summed E-state index contributed by atoms with van der Waals surface area (Å²) in [6.07, 6.45) is 1.44. The summed E-state index contributed by atoms with van der Waals surface area (Å²) < 4.78 is 0. The quantitative estimate of drug-likeness (QED) is 0.176. The molecule has 0 atom stereocenters. The van der Waals surface area contributed by atoms with Gasteiger partial charge >= 0.3 is 23.9 Å². The number of hydrogen-bond donors (Lipinski definition) is 8. The van der Waals surface area contributed by atoms with Crippen molar-refractivity contribution in [2.24, 2.45) is 0 Å². The van der Waals surface area contributed by atoms with E-state index in [1.54, 1.807) is 0 Å². The number of hydrogen-bond acceptors (Lipinski definition) is 8. The lowest BCUT2D eigenvalue weighted by molar-refractivity contribution is -0.133. The molecule has 0 bridgehead atoms. The third-order valence-corrected chi connectivity index (χ3v) is 2.13. The van der Waals surface area contributed by atoms with E-state index in [0.717, 1.165) is 12.8 Å². The Labute approximate surface area is 200 Å². The van der Waals surface area contributed by atoms with E-state index >= 15 is 0 Å². The highest BCUT2D eigenvalue weighted by atomic mass is 16.4. The number of aliphatic hydroxyl groups is 4. The molecule has 0 heterocycles. The molecule has 0 aromatic rings. The van der Waals surface area contributed by atoms with Crippen molar-refractivity contribution in [3.8, 4) is 0 Å². The lowest BCUT2D eigenvalue weighted by atomic mass is 10.3. The maximum absolute atomic E-state index is 9.60. The largest absolute Gasteiger partial charge is 0.478 e. The third-order valence-electron chi connectivity index (χ3n) is 2.13. The Morgan fingerprint density at radius 3 is 0.588 bits per heavy atom. The molecule has 0 aliphatic carbocycles. The molecule has 0 spiro atoms. The van der Waals surface area contributed by atoms with Crippen molar-refractivity contribution >= 4 is 23.9 Å². The van der Waals surface area contributed by atoms with Gasteiger partial charge in [-0.15, -0.1) is 0 Å². The molecule has 0 aromatic carbocycles. The number of unbranched alkanes of at least 4 members (excludes halogenated alkanes) is 1. The van der Waals surface area contributed by atoms with Crippen LogP contribution in [0.3, 0.4) is 0 Å². The van der Waals surface area contributed by atoms with Gasteiger partial charge < -0.3 is 40.9 Å². The summed E-state index contributed by atoms with van der Waals surface area (Å²) in [6.45, 7) is 18.5. The van der Waals surface area contributed by atoms with Crippen molar-refractivity contribution in [3.63, 3.8) is 0 Å². The van der Waals surface area contributed by atoms with E-state index in [2.05, 4.69) is 26.3 Å². The normalized spacial score (nSPS) is 7.76. The molecule has 12 heteroatoms. The minimum Gasteiger partial charge on any atom is -0.478 e. The summed E-state index contributed by atoms with van der Waals surface area (Å²) in [5.41, 5.74) is 0.704. The van der Waals surface area contributed by atoms with Crippen LogP contribution in [0.4, 0.5) is 0 Å². The van der Waals surface area contributed by atoms with Crippen LogP contribution >= 0.6 is 0 Å². The van der Waals surface area contributed by atoms with Gasteiger partial charge in [-0.1, -0.05) is 26.3 Å². The molecule has 12 nitrogen and oxygen atoms in total. The molecule has 0 radical (unpaired) electrons. The number of carboxylic acids is 4. The average Bonchev–Trinajstić information content (AvgIpc) is 2.73. The number of carbonyl (C=O) groups is 4. The predicted octanol–water partition coefficient (Wildman–Crippen LogP) is 1.31. The fourth-order valence-electron chi connectivity index (χ4n) is 0.224. The first-order chi connectivity index (χ1) is 15.4. The molecule has 200 valence electrons. The van der Waals surface area contributed by atoms with Gasteiger partial charge in [0.1, 0.15) is 0 Å². The van der Waals surface area contributed by atoms with Crippen LogP contribution in [-0.4, -0.2) is 91.2 Å². The van der Waals surface area contributed by atoms with Gasteiger partial charge in [-0.2, -0.15) is 0 Å². The van der Waals surface area contributed by atoms with Crippen molar-refractivity contribution in [2.45, 2.75) is 40.5 Å². The molecular weight excluding hydrogens is 456 g/mol. The molecule has 0 rings (SSSR count). The minimum atomic E-state index is -0.935. The molecule has 0 aliphatic rings. The van der Waals surface area contributed by atoms with Crippen LogP contribution in [0.2, 0.25) is 0 Å². The fourth-order valence-corrected chi connectivity index (χ4v) is 0.224. The Hall–Kier alpha value is -3.32. The van der Waals surface area contributed by atoms with Crippen LogP contribution in [-0.2, 0) is 19.2 Å². The second-order valence-electron chi connectivity index (χ2n) is 5.94. The standard InChI is InChI=1S/4C4H6O2.C4H10O2.C2H6O2/c4*1-3(2)4(5)6;5-3-1-2-4-6;3-1-2-4/h4*1H2,2H3,(H,5,6);5-6H,1-4H2;3-4H,1-2H2. The second-order valence-corrected chi connectivity index (χ2v) is 5.94. The van der Waals surface area contributed by atoms with E-state index in [1.807, 2.05) is 0 Å². The minimum absolute atomic E-state index is 0.125. The lowest BCUT2D eigenvalue weighted by Crippen LogP contribution is -1.92. The zero-order chi connectivity index (χ0) is 28.9. The highest BCUT2D eigenvalue weighted by molar-refractivity contribution is 5.85. The fraction of sp³-hybridized carbons (Fsp3) is 0.455. The smallest absolute Gasteiger partial charge is 0.330 e. The van der Waals surface area contributed by atoms with Gasteiger partial charge in [-0.25, -0.2) is 19.2 Å². The molecular formula is C22H40O12. The summed E-state index contributed by atoms with van der Waals surface area (Å²) >= 11 is 0. The van der Waals surface area contributed by atoms with Crippen LogP contribution < -0.4 is 0 Å². The Balaban J connectivity index is -0.0000000695. The van der Waals surface area contributed by atoms with Crippen molar-refractivity contribution in [3.05, 3.63) is 48.6 Å². The van der Waals surface area contributed by atoms with Crippen molar-refractivity contribution in [1.82, 2.24) is 0 Å². The highest BCUT2D eigenvalue weighted by Crippen LogP contribution is 1.83. The molecule has 34 heavy (non-hydrogen) atoms. The first kappa shape index (κ1) is 44.4. The zero-order valence-corrected chi connectivity index (χ0v) is 20.3. The summed E-state index contributed by atoms with van der Waals surface area (Å²) in [4.78, 5) is 38.4. The summed E-state index contributed by atoms with van der Waals surface area (Å²) in [5, 5.41) is 63.0. The zero-order valence-electron chi connectivity index (χ0n) is 20.3. The summed E-state index contributed by atoms with van der Waals surface area (Å²) in [5.74, 6) is -3.74. The van der Waals surface area contributed by atoms with E-state index < -0.39 is 23.9 Å². The van der Waals surface area contributed by atoms with E-state index in [1.165, 1.54) is 27.7 Å². The number of aliphatic hydroxyl groups excluding tert-OH is 4. The van der Waals surface area contributed by atoms with Gasteiger partial charge in [0, 0.05) is 35.5 Å². The highest BCUT2D eigenvalue weighted by Gasteiger charge is 1.91. The molecule has 0 unspecified atom stereocenters. The lowest BCUT2D eigenvalue weighted by Gasteiger charge is -1.85. The average molecular weight is 497 g/mol. The van der Waals surface area contributed by atoms with E-state index in [4.69, 9.17) is 40.9 Å². The van der Waals surface area contributed by atoms with Gasteiger partial charge in [0.25, 0.3) is 0 Å². The van der Waals surface area contributed by atoms with Crippen LogP contribution in [0.5, 0.6) is 0 Å². The molecule has 0 amide bonds. The molecule has 8 N–H and O–H groups in total. The van der Waals surface area contributed by atoms with Crippen LogP contribution in [0, 0.1) is 0 Å². The number of aliphatic carboxylic acids is 4. The van der Waals surface area contributed by atoms with Crippen molar-refractivity contribution < 1.29 is 60.0 Å². The maximum Gasteiger partial charge on any atom is 0.330 e. The van der Waals surface area contributed by atoms with Crippen LogP contribution in [0.25, 0.3) is 0 Å². The van der Waals surface area contributed by atoms with Crippen LogP contribution in [0.1, 0.15) is 40.5 Å². The molecule has 0 saturated carbocycles. The summed E-state index contributed by atoms with van der Waals surface area (Å²) in [7, 11) is 0. The third kappa shape index (κ3) is 79.0. The predicted molar refractivity (Wildman–Crippen MR) is 127 cm³/mol. The van der Waals surface area contributed by atoms with Gasteiger partial charge in [0.05, 0.1) is 13.2 Å². The number of rotatable bonds is 8. The molecule has 0 aromatic heterocycles. The van der Waals surface area contributed by atoms with E-state index in [0.29, 0.717) is 0 Å². The number of carboxylic acid groups (broad SMARTS) is 4. The van der Waals surface area contributed by atoms with Gasteiger partial charge in [-0.3, -0.25) is 0 Å². The Kier molecular flexibility index (Phi) is 44.8. The van der Waals surface area contributed by atoms with Gasteiger partial charge in [0.2, 0.25) is 0 Å². The van der Waals surface area contributed by atoms with Crippen LogP contribution in [0.15, 0.2) is 48.6 Å². The van der Waals surface area contributed by atoms with Gasteiger partial charge in [0.15, 0.2) is 0 Å². The summed E-state index contributed by atoms with van der Waals surface area (Å²) in [6, 6.07) is 0. The first-order valence-corrected chi connectivity index (χ1v) is 9.39. The maximum atomic E-state index is 9.60. The monoisotopic (exact) mass is 496 g/mol. The van der Waals surface area contributed by atoms with E-state index in [-0.39, 0.29) is 48.7 Å². The second kappa shape index (κ2) is 34.3. The van der Waals surface area contributed by atoms with E-state index in [9.17, 15) is 19.2 Å². The SMILES string of the molecule is C=C(C)C(=O)O.C=C(C)C(=O)O.C=C(C)C(=O)O.C=C(C)C(=O)O.OCCCCO.OCCO. The molecule has 0 fully saturated rings. The van der Waals surface area contributed by atoms with Crippen molar-refractivity contribution in [2.75, 3.05) is 26.4 Å². The Morgan fingerprint density at radius 1 is 0.441 bits per heavy atom. The molecule has 0 aliphatic heterocycles. The van der Waals surface area contributed by atoms with Crippen molar-refractivity contribution in [1.29, 1.82) is 0 Å². The Morgan fingerprint density at radius 2 is 0.559 bits per heavy atom. The first-order valence-electron chi connectivity index (χ1n) is 9.39. The Bertz CT molecular complexity index is 471.